The Labute approximate surface area is 126 Å². The molecule has 0 aliphatic carbocycles. The van der Waals surface area contributed by atoms with Crippen LogP contribution in [-0.2, 0) is 4.74 Å². The van der Waals surface area contributed by atoms with Crippen molar-refractivity contribution < 1.29 is 14.3 Å². The molecule has 1 amide bonds. The van der Waals surface area contributed by atoms with Gasteiger partial charge < -0.3 is 14.8 Å². The first kappa shape index (κ1) is 15.8. The number of amides is 1. The van der Waals surface area contributed by atoms with Crippen LogP contribution in [0.5, 0.6) is 5.75 Å². The fraction of sp³-hybridized carbons (Fsp3) is 0.588. The summed E-state index contributed by atoms with van der Waals surface area (Å²) < 4.78 is 11.2. The SMILES string of the molecule is CCCC(C)NC(=O)c1ccc(OCC2CCCO2)cc1. The van der Waals surface area contributed by atoms with E-state index < -0.39 is 0 Å². The molecule has 2 atom stereocenters. The van der Waals surface area contributed by atoms with E-state index in [2.05, 4.69) is 12.2 Å². The Morgan fingerprint density at radius 2 is 2.19 bits per heavy atom. The standard InChI is InChI=1S/C17H25NO3/c1-3-5-13(2)18-17(19)14-7-9-15(10-8-14)21-12-16-6-4-11-20-16/h7-10,13,16H,3-6,11-12H2,1-2H3,(H,18,19). The minimum atomic E-state index is -0.0263. The molecule has 1 saturated heterocycles. The molecule has 0 radical (unpaired) electrons. The van der Waals surface area contributed by atoms with Gasteiger partial charge in [0.2, 0.25) is 0 Å². The highest BCUT2D eigenvalue weighted by atomic mass is 16.5. The molecular formula is C17H25NO3. The topological polar surface area (TPSA) is 47.6 Å². The van der Waals surface area contributed by atoms with Crippen LogP contribution in [0.15, 0.2) is 24.3 Å². The summed E-state index contributed by atoms with van der Waals surface area (Å²) in [5, 5.41) is 2.99. The molecule has 21 heavy (non-hydrogen) atoms. The number of nitrogens with one attached hydrogen (secondary N) is 1. The van der Waals surface area contributed by atoms with Gasteiger partial charge in [0.05, 0.1) is 6.10 Å². The summed E-state index contributed by atoms with van der Waals surface area (Å²) in [6.45, 7) is 5.56. The Balaban J connectivity index is 1.81. The fourth-order valence-electron chi connectivity index (χ4n) is 2.48. The second-order valence-electron chi connectivity index (χ2n) is 5.63. The van der Waals surface area contributed by atoms with E-state index in [-0.39, 0.29) is 18.1 Å². The van der Waals surface area contributed by atoms with E-state index in [0.717, 1.165) is 38.0 Å². The molecule has 1 aromatic rings. The van der Waals surface area contributed by atoms with Crippen molar-refractivity contribution in [2.45, 2.75) is 51.7 Å². The highest BCUT2D eigenvalue weighted by molar-refractivity contribution is 5.94. The lowest BCUT2D eigenvalue weighted by Gasteiger charge is -2.14. The maximum Gasteiger partial charge on any atom is 0.251 e. The van der Waals surface area contributed by atoms with Crippen LogP contribution in [0, 0.1) is 0 Å². The van der Waals surface area contributed by atoms with Crippen molar-refractivity contribution in [1.29, 1.82) is 0 Å². The second-order valence-corrected chi connectivity index (χ2v) is 5.63. The smallest absolute Gasteiger partial charge is 0.251 e. The Morgan fingerprint density at radius 1 is 1.43 bits per heavy atom. The van der Waals surface area contributed by atoms with Gasteiger partial charge >= 0.3 is 0 Å². The van der Waals surface area contributed by atoms with Gasteiger partial charge in [0.15, 0.2) is 0 Å². The predicted molar refractivity (Wildman–Crippen MR) is 82.7 cm³/mol. The molecular weight excluding hydrogens is 266 g/mol. The third-order valence-electron chi connectivity index (χ3n) is 3.68. The molecule has 0 bridgehead atoms. The highest BCUT2D eigenvalue weighted by Gasteiger charge is 2.16. The van der Waals surface area contributed by atoms with E-state index in [1.165, 1.54) is 0 Å². The van der Waals surface area contributed by atoms with E-state index in [1.807, 2.05) is 19.1 Å². The largest absolute Gasteiger partial charge is 0.491 e. The van der Waals surface area contributed by atoms with E-state index in [0.29, 0.717) is 12.2 Å². The molecule has 1 N–H and O–H groups in total. The summed E-state index contributed by atoms with van der Waals surface area (Å²) in [6, 6.07) is 7.50. The Morgan fingerprint density at radius 3 is 2.81 bits per heavy atom. The average Bonchev–Trinajstić information content (AvgIpc) is 2.99. The number of carbonyl (C=O) groups is 1. The zero-order chi connectivity index (χ0) is 15.1. The summed E-state index contributed by atoms with van der Waals surface area (Å²) in [6.07, 6.45) is 4.45. The van der Waals surface area contributed by atoms with Crippen molar-refractivity contribution in [2.75, 3.05) is 13.2 Å². The normalized spacial score (nSPS) is 19.2. The summed E-state index contributed by atoms with van der Waals surface area (Å²) in [4.78, 5) is 12.0. The monoisotopic (exact) mass is 291 g/mol. The van der Waals surface area contributed by atoms with Gasteiger partial charge in [-0.05, 0) is 50.5 Å². The van der Waals surface area contributed by atoms with Gasteiger partial charge in [-0.2, -0.15) is 0 Å². The van der Waals surface area contributed by atoms with Crippen molar-refractivity contribution in [3.05, 3.63) is 29.8 Å². The molecule has 2 rings (SSSR count). The Kier molecular flexibility index (Phi) is 6.05. The van der Waals surface area contributed by atoms with Crippen molar-refractivity contribution in [3.8, 4) is 5.75 Å². The van der Waals surface area contributed by atoms with Crippen LogP contribution in [0.1, 0.15) is 49.9 Å². The van der Waals surface area contributed by atoms with Crippen molar-refractivity contribution >= 4 is 5.91 Å². The first-order valence-corrected chi connectivity index (χ1v) is 7.84. The quantitative estimate of drug-likeness (QED) is 0.839. The molecule has 1 aromatic carbocycles. The van der Waals surface area contributed by atoms with Crippen LogP contribution >= 0.6 is 0 Å². The van der Waals surface area contributed by atoms with Gasteiger partial charge in [0.1, 0.15) is 12.4 Å². The number of hydrogen-bond donors (Lipinski definition) is 1. The van der Waals surface area contributed by atoms with Gasteiger partial charge in [-0.3, -0.25) is 4.79 Å². The molecule has 2 unspecified atom stereocenters. The van der Waals surface area contributed by atoms with Crippen LogP contribution in [0.4, 0.5) is 0 Å². The summed E-state index contributed by atoms with van der Waals surface area (Å²) >= 11 is 0. The lowest BCUT2D eigenvalue weighted by atomic mass is 10.1. The van der Waals surface area contributed by atoms with E-state index in [9.17, 15) is 4.79 Å². The van der Waals surface area contributed by atoms with Crippen LogP contribution in [0.25, 0.3) is 0 Å². The third kappa shape index (κ3) is 5.05. The highest BCUT2D eigenvalue weighted by Crippen LogP contribution is 2.16. The molecule has 1 aliphatic rings. The number of ether oxygens (including phenoxy) is 2. The van der Waals surface area contributed by atoms with E-state index >= 15 is 0 Å². The predicted octanol–water partition coefficient (Wildman–Crippen LogP) is 3.16. The molecule has 1 aliphatic heterocycles. The number of rotatable bonds is 7. The lowest BCUT2D eigenvalue weighted by Crippen LogP contribution is -2.32. The maximum absolute atomic E-state index is 12.0. The number of hydrogen-bond acceptors (Lipinski definition) is 3. The molecule has 1 fully saturated rings. The van der Waals surface area contributed by atoms with Gasteiger partial charge in [0, 0.05) is 18.2 Å². The first-order chi connectivity index (χ1) is 10.2. The summed E-state index contributed by atoms with van der Waals surface area (Å²) in [5.74, 6) is 0.755. The third-order valence-corrected chi connectivity index (χ3v) is 3.68. The zero-order valence-corrected chi connectivity index (χ0v) is 12.9. The molecule has 0 spiro atoms. The van der Waals surface area contributed by atoms with Crippen LogP contribution in [-0.4, -0.2) is 31.3 Å². The Hall–Kier alpha value is -1.55. The summed E-state index contributed by atoms with van der Waals surface area (Å²) in [7, 11) is 0. The maximum atomic E-state index is 12.0. The average molecular weight is 291 g/mol. The lowest BCUT2D eigenvalue weighted by molar-refractivity contribution is 0.0679. The van der Waals surface area contributed by atoms with Gasteiger partial charge in [-0.15, -0.1) is 0 Å². The molecule has 4 heteroatoms. The van der Waals surface area contributed by atoms with Gasteiger partial charge in [-0.1, -0.05) is 13.3 Å². The van der Waals surface area contributed by atoms with Crippen LogP contribution in [0.2, 0.25) is 0 Å². The second kappa shape index (κ2) is 8.03. The molecule has 0 aromatic heterocycles. The number of benzene rings is 1. The zero-order valence-electron chi connectivity index (χ0n) is 12.9. The van der Waals surface area contributed by atoms with Crippen molar-refractivity contribution in [1.82, 2.24) is 5.32 Å². The molecule has 0 saturated carbocycles. The van der Waals surface area contributed by atoms with Gasteiger partial charge in [0.25, 0.3) is 5.91 Å². The Bertz CT molecular complexity index is 438. The minimum Gasteiger partial charge on any atom is -0.491 e. The molecule has 1 heterocycles. The molecule has 116 valence electrons. The summed E-state index contributed by atoms with van der Waals surface area (Å²) in [5.41, 5.74) is 0.669. The van der Waals surface area contributed by atoms with E-state index in [4.69, 9.17) is 9.47 Å². The van der Waals surface area contributed by atoms with Crippen molar-refractivity contribution in [3.63, 3.8) is 0 Å². The van der Waals surface area contributed by atoms with Crippen LogP contribution in [0.3, 0.4) is 0 Å². The fourth-order valence-corrected chi connectivity index (χ4v) is 2.48. The van der Waals surface area contributed by atoms with Gasteiger partial charge in [-0.25, -0.2) is 0 Å². The van der Waals surface area contributed by atoms with E-state index in [1.54, 1.807) is 12.1 Å². The minimum absolute atomic E-state index is 0.0263. The number of carbonyl (C=O) groups excluding carboxylic acids is 1. The van der Waals surface area contributed by atoms with Crippen LogP contribution < -0.4 is 10.1 Å². The first-order valence-electron chi connectivity index (χ1n) is 7.84. The molecule has 4 nitrogen and oxygen atoms in total. The van der Waals surface area contributed by atoms with Crippen molar-refractivity contribution in [2.24, 2.45) is 0 Å².